The number of rotatable bonds is 4. The van der Waals surface area contributed by atoms with Crippen molar-refractivity contribution in [2.45, 2.75) is 38.5 Å². The highest BCUT2D eigenvalue weighted by molar-refractivity contribution is 5.32. The minimum atomic E-state index is -4.33. The van der Waals surface area contributed by atoms with Crippen molar-refractivity contribution in [3.8, 4) is 12.3 Å². The Balaban J connectivity index is 2.93. The number of hydrogen-bond donors (Lipinski definition) is 1. The zero-order valence-electron chi connectivity index (χ0n) is 10.4. The quantitative estimate of drug-likeness (QED) is 0.808. The highest BCUT2D eigenvalue weighted by Crippen LogP contribution is 2.34. The molecule has 1 rings (SSSR count). The zero-order valence-corrected chi connectivity index (χ0v) is 10.4. The van der Waals surface area contributed by atoms with Crippen molar-refractivity contribution in [2.75, 3.05) is 0 Å². The molecule has 0 aliphatic carbocycles. The van der Waals surface area contributed by atoms with E-state index in [9.17, 15) is 13.2 Å². The Morgan fingerprint density at radius 2 is 1.89 bits per heavy atom. The minimum absolute atomic E-state index is 0.0220. The van der Waals surface area contributed by atoms with Crippen LogP contribution in [0.1, 0.15) is 37.4 Å². The van der Waals surface area contributed by atoms with Gasteiger partial charge in [-0.25, -0.2) is 0 Å². The molecule has 0 aliphatic heterocycles. The number of hydrogen-bond acceptors (Lipinski definition) is 1. The molecule has 0 heterocycles. The fourth-order valence-electron chi connectivity index (χ4n) is 1.89. The second kappa shape index (κ2) is 5.92. The van der Waals surface area contributed by atoms with E-state index < -0.39 is 17.8 Å². The monoisotopic (exact) mass is 255 g/mol. The third-order valence-corrected chi connectivity index (χ3v) is 2.69. The highest BCUT2D eigenvalue weighted by atomic mass is 19.4. The van der Waals surface area contributed by atoms with Gasteiger partial charge in [-0.2, -0.15) is 13.2 Å². The lowest BCUT2D eigenvalue weighted by Gasteiger charge is -2.22. The maximum atomic E-state index is 12.8. The highest BCUT2D eigenvalue weighted by Gasteiger charge is 2.34. The summed E-state index contributed by atoms with van der Waals surface area (Å²) in [5.41, 5.74) is -0.355. The van der Waals surface area contributed by atoms with Crippen molar-refractivity contribution in [1.29, 1.82) is 0 Å². The third kappa shape index (κ3) is 3.78. The molecule has 0 aromatic heterocycles. The van der Waals surface area contributed by atoms with Gasteiger partial charge in [0.25, 0.3) is 0 Å². The van der Waals surface area contributed by atoms with Crippen LogP contribution < -0.4 is 5.32 Å². The van der Waals surface area contributed by atoms with Crippen LogP contribution >= 0.6 is 0 Å². The van der Waals surface area contributed by atoms with E-state index in [1.807, 2.05) is 6.92 Å². The summed E-state index contributed by atoms with van der Waals surface area (Å²) in [5.74, 6) is 2.48. The maximum absolute atomic E-state index is 12.8. The number of alkyl halides is 3. The van der Waals surface area contributed by atoms with Gasteiger partial charge in [0.15, 0.2) is 0 Å². The SMILES string of the molecule is C#CCC(C)NC(C)c1ccccc1C(F)(F)F. The summed E-state index contributed by atoms with van der Waals surface area (Å²) >= 11 is 0. The molecular weight excluding hydrogens is 239 g/mol. The number of halogens is 3. The Kier molecular flexibility index (Phi) is 4.80. The summed E-state index contributed by atoms with van der Waals surface area (Å²) < 4.78 is 38.5. The van der Waals surface area contributed by atoms with Crippen molar-refractivity contribution < 1.29 is 13.2 Å². The Bertz CT molecular complexity index is 431. The molecule has 1 aromatic carbocycles. The second-order valence-corrected chi connectivity index (χ2v) is 4.28. The van der Waals surface area contributed by atoms with Crippen LogP contribution in [0.5, 0.6) is 0 Å². The number of nitrogens with one attached hydrogen (secondary N) is 1. The van der Waals surface area contributed by atoms with Crippen LogP contribution in [0.2, 0.25) is 0 Å². The van der Waals surface area contributed by atoms with E-state index in [-0.39, 0.29) is 11.6 Å². The zero-order chi connectivity index (χ0) is 13.8. The van der Waals surface area contributed by atoms with Crippen LogP contribution in [-0.4, -0.2) is 6.04 Å². The van der Waals surface area contributed by atoms with E-state index >= 15 is 0 Å². The topological polar surface area (TPSA) is 12.0 Å². The van der Waals surface area contributed by atoms with Gasteiger partial charge in [0.2, 0.25) is 0 Å². The molecule has 18 heavy (non-hydrogen) atoms. The van der Waals surface area contributed by atoms with Gasteiger partial charge in [-0.3, -0.25) is 0 Å². The summed E-state index contributed by atoms with van der Waals surface area (Å²) in [5, 5.41) is 3.07. The van der Waals surface area contributed by atoms with Crippen molar-refractivity contribution in [1.82, 2.24) is 5.32 Å². The van der Waals surface area contributed by atoms with E-state index in [1.165, 1.54) is 12.1 Å². The predicted octanol–water partition coefficient (Wildman–Crippen LogP) is 3.77. The average molecular weight is 255 g/mol. The average Bonchev–Trinajstić information content (AvgIpc) is 2.28. The Morgan fingerprint density at radius 3 is 2.44 bits per heavy atom. The van der Waals surface area contributed by atoms with Gasteiger partial charge >= 0.3 is 6.18 Å². The lowest BCUT2D eigenvalue weighted by atomic mass is 10.00. The van der Waals surface area contributed by atoms with Crippen molar-refractivity contribution in [3.63, 3.8) is 0 Å². The largest absolute Gasteiger partial charge is 0.416 e. The van der Waals surface area contributed by atoms with Crippen LogP contribution in [0.4, 0.5) is 13.2 Å². The van der Waals surface area contributed by atoms with Crippen molar-refractivity contribution >= 4 is 0 Å². The molecule has 0 amide bonds. The van der Waals surface area contributed by atoms with Gasteiger partial charge < -0.3 is 5.32 Å². The first-order chi connectivity index (χ1) is 8.36. The summed E-state index contributed by atoms with van der Waals surface area (Å²) in [6.07, 6.45) is 1.33. The van der Waals surface area contributed by atoms with E-state index in [4.69, 9.17) is 6.42 Å². The van der Waals surface area contributed by atoms with E-state index in [0.29, 0.717) is 6.42 Å². The van der Waals surface area contributed by atoms with Crippen LogP contribution in [0.3, 0.4) is 0 Å². The predicted molar refractivity (Wildman–Crippen MR) is 65.9 cm³/mol. The number of benzene rings is 1. The fraction of sp³-hybridized carbons (Fsp3) is 0.429. The van der Waals surface area contributed by atoms with E-state index in [0.717, 1.165) is 6.07 Å². The van der Waals surface area contributed by atoms with E-state index in [1.54, 1.807) is 13.0 Å². The molecule has 1 N–H and O–H groups in total. The van der Waals surface area contributed by atoms with Gasteiger partial charge in [0, 0.05) is 18.5 Å². The standard InChI is InChI=1S/C14H16F3N/c1-4-7-10(2)18-11(3)12-8-5-6-9-13(12)14(15,16)17/h1,5-6,8-11,18H,7H2,2-3H3. The Hall–Kier alpha value is -1.47. The van der Waals surface area contributed by atoms with Crippen molar-refractivity contribution in [2.24, 2.45) is 0 Å². The molecule has 0 spiro atoms. The van der Waals surface area contributed by atoms with Gasteiger partial charge in [-0.1, -0.05) is 18.2 Å². The molecule has 4 heteroatoms. The van der Waals surface area contributed by atoms with Gasteiger partial charge in [-0.05, 0) is 25.5 Å². The van der Waals surface area contributed by atoms with Gasteiger partial charge in [0.05, 0.1) is 5.56 Å². The normalized spacial score (nSPS) is 14.9. The van der Waals surface area contributed by atoms with Crippen LogP contribution in [0.25, 0.3) is 0 Å². The van der Waals surface area contributed by atoms with E-state index in [2.05, 4.69) is 11.2 Å². The first kappa shape index (κ1) is 14.6. The summed E-state index contributed by atoms with van der Waals surface area (Å²) in [6.45, 7) is 3.56. The van der Waals surface area contributed by atoms with Gasteiger partial charge in [0.1, 0.15) is 0 Å². The molecule has 0 saturated carbocycles. The van der Waals surface area contributed by atoms with Crippen LogP contribution in [-0.2, 0) is 6.18 Å². The minimum Gasteiger partial charge on any atom is -0.307 e. The molecule has 2 atom stereocenters. The van der Waals surface area contributed by atoms with Crippen LogP contribution in [0.15, 0.2) is 24.3 Å². The molecule has 1 aromatic rings. The molecular formula is C14H16F3N. The van der Waals surface area contributed by atoms with Crippen LogP contribution in [0, 0.1) is 12.3 Å². The summed E-state index contributed by atoms with van der Waals surface area (Å²) in [7, 11) is 0. The molecule has 0 aliphatic rings. The molecule has 0 saturated heterocycles. The maximum Gasteiger partial charge on any atom is 0.416 e. The van der Waals surface area contributed by atoms with Crippen molar-refractivity contribution in [3.05, 3.63) is 35.4 Å². The molecule has 98 valence electrons. The summed E-state index contributed by atoms with van der Waals surface area (Å²) in [4.78, 5) is 0. The molecule has 1 nitrogen and oxygen atoms in total. The molecule has 0 bridgehead atoms. The molecule has 0 fully saturated rings. The molecule has 2 unspecified atom stereocenters. The Labute approximate surface area is 105 Å². The molecule has 0 radical (unpaired) electrons. The smallest absolute Gasteiger partial charge is 0.307 e. The first-order valence-electron chi connectivity index (χ1n) is 5.72. The number of terminal acetylenes is 1. The first-order valence-corrected chi connectivity index (χ1v) is 5.72. The lowest BCUT2D eigenvalue weighted by Crippen LogP contribution is -2.29. The second-order valence-electron chi connectivity index (χ2n) is 4.28. The van der Waals surface area contributed by atoms with Gasteiger partial charge in [-0.15, -0.1) is 12.3 Å². The lowest BCUT2D eigenvalue weighted by molar-refractivity contribution is -0.138. The third-order valence-electron chi connectivity index (χ3n) is 2.69. The fourth-order valence-corrected chi connectivity index (χ4v) is 1.89. The summed E-state index contributed by atoms with van der Waals surface area (Å²) in [6, 6.07) is 5.17. The Morgan fingerprint density at radius 1 is 1.28 bits per heavy atom.